The molecule has 9 heteroatoms. The SMILES string of the molecule is Cc1noc([C@@H](NC(=O)c2nonc2C)C2CCOCC2)n1. The fraction of sp³-hybridized carbons (Fsp3) is 0.615. The number of aryl methyl sites for hydroxylation is 2. The van der Waals surface area contributed by atoms with Crippen LogP contribution in [0.3, 0.4) is 0 Å². The number of amides is 1. The zero-order valence-electron chi connectivity index (χ0n) is 12.4. The Balaban J connectivity index is 1.82. The van der Waals surface area contributed by atoms with E-state index in [1.807, 2.05) is 0 Å². The van der Waals surface area contributed by atoms with Crippen molar-refractivity contribution in [2.45, 2.75) is 32.7 Å². The first-order chi connectivity index (χ1) is 10.6. The molecule has 1 fully saturated rings. The Labute approximate surface area is 126 Å². The summed E-state index contributed by atoms with van der Waals surface area (Å²) in [5.41, 5.74) is 0.596. The number of aromatic nitrogens is 4. The van der Waals surface area contributed by atoms with Gasteiger partial charge >= 0.3 is 0 Å². The summed E-state index contributed by atoms with van der Waals surface area (Å²) in [7, 11) is 0. The summed E-state index contributed by atoms with van der Waals surface area (Å²) < 4.78 is 15.2. The van der Waals surface area contributed by atoms with Gasteiger partial charge in [-0.1, -0.05) is 10.3 Å². The molecule has 2 aromatic heterocycles. The van der Waals surface area contributed by atoms with Gasteiger partial charge in [-0.25, -0.2) is 4.63 Å². The molecule has 3 heterocycles. The molecule has 1 amide bonds. The van der Waals surface area contributed by atoms with Gasteiger partial charge in [0.1, 0.15) is 11.7 Å². The van der Waals surface area contributed by atoms with E-state index < -0.39 is 0 Å². The van der Waals surface area contributed by atoms with Gasteiger partial charge in [0.15, 0.2) is 11.5 Å². The summed E-state index contributed by atoms with van der Waals surface area (Å²) >= 11 is 0. The normalized spacial score (nSPS) is 17.4. The second-order valence-electron chi connectivity index (χ2n) is 5.28. The van der Waals surface area contributed by atoms with Crippen LogP contribution in [0.15, 0.2) is 9.15 Å². The minimum absolute atomic E-state index is 0.160. The monoisotopic (exact) mass is 307 g/mol. The molecule has 0 spiro atoms. The van der Waals surface area contributed by atoms with E-state index >= 15 is 0 Å². The van der Waals surface area contributed by atoms with Crippen LogP contribution in [0.5, 0.6) is 0 Å². The van der Waals surface area contributed by atoms with Gasteiger partial charge in [0, 0.05) is 13.2 Å². The summed E-state index contributed by atoms with van der Waals surface area (Å²) in [6.07, 6.45) is 1.62. The molecule has 3 rings (SSSR count). The Morgan fingerprint density at radius 3 is 2.59 bits per heavy atom. The maximum Gasteiger partial charge on any atom is 0.276 e. The number of rotatable bonds is 4. The Hall–Kier alpha value is -2.29. The Bertz CT molecular complexity index is 646. The first kappa shape index (κ1) is 14.6. The van der Waals surface area contributed by atoms with Crippen LogP contribution in [-0.2, 0) is 4.74 Å². The number of hydrogen-bond donors (Lipinski definition) is 1. The third-order valence-corrected chi connectivity index (χ3v) is 3.70. The molecule has 2 aromatic rings. The number of nitrogens with zero attached hydrogens (tertiary/aromatic N) is 4. The number of hydrogen-bond acceptors (Lipinski definition) is 8. The fourth-order valence-electron chi connectivity index (χ4n) is 2.52. The highest BCUT2D eigenvalue weighted by molar-refractivity contribution is 5.93. The lowest BCUT2D eigenvalue weighted by Gasteiger charge is -2.28. The molecule has 22 heavy (non-hydrogen) atoms. The molecule has 0 bridgehead atoms. The van der Waals surface area contributed by atoms with E-state index in [4.69, 9.17) is 9.26 Å². The van der Waals surface area contributed by atoms with E-state index in [-0.39, 0.29) is 23.6 Å². The van der Waals surface area contributed by atoms with Gasteiger partial charge in [0.2, 0.25) is 5.89 Å². The predicted molar refractivity (Wildman–Crippen MR) is 71.8 cm³/mol. The standard InChI is InChI=1S/C13H17N5O4/c1-7-10(18-22-16-7)12(19)15-11(9-3-5-20-6-4-9)13-14-8(2)17-21-13/h9,11H,3-6H2,1-2H3,(H,15,19)/t11-/m0/s1. The van der Waals surface area contributed by atoms with Crippen LogP contribution < -0.4 is 5.32 Å². The summed E-state index contributed by atoms with van der Waals surface area (Å²) in [5.74, 6) is 0.719. The molecular weight excluding hydrogens is 290 g/mol. The molecule has 1 saturated heterocycles. The van der Waals surface area contributed by atoms with Crippen LogP contribution in [0.1, 0.15) is 46.8 Å². The fourth-order valence-corrected chi connectivity index (χ4v) is 2.52. The quantitative estimate of drug-likeness (QED) is 0.888. The predicted octanol–water partition coefficient (Wildman–Crippen LogP) is 0.967. The van der Waals surface area contributed by atoms with Crippen molar-refractivity contribution in [3.63, 3.8) is 0 Å². The van der Waals surface area contributed by atoms with Crippen molar-refractivity contribution < 1.29 is 18.7 Å². The van der Waals surface area contributed by atoms with Gasteiger partial charge in [0.25, 0.3) is 5.91 Å². The molecule has 0 unspecified atom stereocenters. The topological polar surface area (TPSA) is 116 Å². The molecule has 9 nitrogen and oxygen atoms in total. The van der Waals surface area contributed by atoms with Crippen LogP contribution in [0, 0.1) is 19.8 Å². The van der Waals surface area contributed by atoms with Gasteiger partial charge in [-0.2, -0.15) is 4.98 Å². The van der Waals surface area contributed by atoms with Crippen molar-refractivity contribution in [3.05, 3.63) is 23.1 Å². The molecule has 0 radical (unpaired) electrons. The van der Waals surface area contributed by atoms with Crippen molar-refractivity contribution in [2.24, 2.45) is 5.92 Å². The van der Waals surface area contributed by atoms with E-state index in [0.29, 0.717) is 30.6 Å². The molecule has 118 valence electrons. The van der Waals surface area contributed by atoms with Crippen molar-refractivity contribution >= 4 is 5.91 Å². The first-order valence-electron chi connectivity index (χ1n) is 7.13. The Kier molecular flexibility index (Phi) is 4.14. The second kappa shape index (κ2) is 6.22. The molecular formula is C13H17N5O4. The number of nitrogens with one attached hydrogen (secondary N) is 1. The Morgan fingerprint density at radius 2 is 2.00 bits per heavy atom. The lowest BCUT2D eigenvalue weighted by atomic mass is 9.91. The minimum Gasteiger partial charge on any atom is -0.381 e. The van der Waals surface area contributed by atoms with Gasteiger partial charge in [-0.15, -0.1) is 0 Å². The first-order valence-corrected chi connectivity index (χ1v) is 7.13. The van der Waals surface area contributed by atoms with Gasteiger partial charge in [0.05, 0.1) is 0 Å². The number of ether oxygens (including phenoxy) is 1. The molecule has 1 aliphatic rings. The summed E-state index contributed by atoms with van der Waals surface area (Å²) in [6, 6.07) is -0.381. The molecule has 1 atom stereocenters. The van der Waals surface area contributed by atoms with E-state index in [1.165, 1.54) is 0 Å². The zero-order valence-corrected chi connectivity index (χ0v) is 12.4. The smallest absolute Gasteiger partial charge is 0.276 e. The second-order valence-corrected chi connectivity index (χ2v) is 5.28. The third-order valence-electron chi connectivity index (χ3n) is 3.70. The highest BCUT2D eigenvalue weighted by Gasteiger charge is 2.32. The van der Waals surface area contributed by atoms with E-state index in [0.717, 1.165) is 12.8 Å². The van der Waals surface area contributed by atoms with Crippen molar-refractivity contribution in [2.75, 3.05) is 13.2 Å². The summed E-state index contributed by atoms with van der Waals surface area (Å²) in [5, 5.41) is 14.0. The van der Waals surface area contributed by atoms with E-state index in [1.54, 1.807) is 13.8 Å². The van der Waals surface area contributed by atoms with Crippen molar-refractivity contribution in [1.82, 2.24) is 25.8 Å². The highest BCUT2D eigenvalue weighted by atomic mass is 16.6. The zero-order chi connectivity index (χ0) is 15.5. The van der Waals surface area contributed by atoms with Gasteiger partial charge in [-0.3, -0.25) is 4.79 Å². The van der Waals surface area contributed by atoms with Crippen LogP contribution in [-0.4, -0.2) is 39.6 Å². The van der Waals surface area contributed by atoms with Crippen molar-refractivity contribution in [1.29, 1.82) is 0 Å². The largest absolute Gasteiger partial charge is 0.381 e. The van der Waals surface area contributed by atoms with Crippen LogP contribution in [0.2, 0.25) is 0 Å². The van der Waals surface area contributed by atoms with Gasteiger partial charge in [-0.05, 0) is 37.8 Å². The molecule has 0 aromatic carbocycles. The van der Waals surface area contributed by atoms with Crippen LogP contribution in [0.4, 0.5) is 0 Å². The summed E-state index contributed by atoms with van der Waals surface area (Å²) in [4.78, 5) is 16.6. The van der Waals surface area contributed by atoms with Gasteiger partial charge < -0.3 is 14.6 Å². The molecule has 0 aliphatic carbocycles. The third kappa shape index (κ3) is 2.98. The molecule has 1 N–H and O–H groups in total. The highest BCUT2D eigenvalue weighted by Crippen LogP contribution is 2.29. The average Bonchev–Trinajstić information content (AvgIpc) is 3.14. The minimum atomic E-state index is -0.381. The molecule has 0 saturated carbocycles. The maximum atomic E-state index is 12.4. The molecule has 1 aliphatic heterocycles. The van der Waals surface area contributed by atoms with Crippen LogP contribution >= 0.6 is 0 Å². The summed E-state index contributed by atoms with van der Waals surface area (Å²) in [6.45, 7) is 4.69. The number of carbonyl (C=O) groups excluding carboxylic acids is 1. The van der Waals surface area contributed by atoms with Crippen molar-refractivity contribution in [3.8, 4) is 0 Å². The Morgan fingerprint density at radius 1 is 1.23 bits per heavy atom. The lowest BCUT2D eigenvalue weighted by molar-refractivity contribution is 0.0466. The lowest BCUT2D eigenvalue weighted by Crippen LogP contribution is -2.36. The number of carbonyl (C=O) groups is 1. The average molecular weight is 307 g/mol. The van der Waals surface area contributed by atoms with Crippen LogP contribution in [0.25, 0.3) is 0 Å². The maximum absolute atomic E-state index is 12.4. The van der Waals surface area contributed by atoms with E-state index in [2.05, 4.69) is 30.4 Å². The van der Waals surface area contributed by atoms with E-state index in [9.17, 15) is 4.79 Å².